The summed E-state index contributed by atoms with van der Waals surface area (Å²) in [6, 6.07) is 6.72. The maximum Gasteiger partial charge on any atom is 0.255 e. The van der Waals surface area contributed by atoms with E-state index in [-0.39, 0.29) is 5.91 Å². The maximum absolute atomic E-state index is 12.5. The molecule has 1 amide bonds. The Morgan fingerprint density at radius 3 is 3.12 bits per heavy atom. The van der Waals surface area contributed by atoms with Crippen LogP contribution in [0.15, 0.2) is 42.9 Å². The quantitative estimate of drug-likeness (QED) is 0.629. The first kappa shape index (κ1) is 17.2. The van der Waals surface area contributed by atoms with Gasteiger partial charge in [0.2, 0.25) is 0 Å². The Morgan fingerprint density at radius 2 is 2.28 bits per heavy atom. The number of ether oxygens (including phenoxy) is 1. The van der Waals surface area contributed by atoms with Gasteiger partial charge in [-0.1, -0.05) is 11.6 Å². The number of aromatic nitrogens is 3. The predicted octanol–water partition coefficient (Wildman–Crippen LogP) is 2.04. The molecule has 3 rings (SSSR count). The number of carbonyl (C=O) groups is 1. The molecule has 0 aliphatic heterocycles. The highest BCUT2D eigenvalue weighted by Gasteiger charge is 2.14. The summed E-state index contributed by atoms with van der Waals surface area (Å²) >= 11 is 6.00. The minimum atomic E-state index is -0.255. The molecule has 0 unspecified atom stereocenters. The number of carbonyl (C=O) groups excluding carboxylic acids is 1. The summed E-state index contributed by atoms with van der Waals surface area (Å²) in [5.74, 6) is 0.186. The molecule has 0 aliphatic rings. The summed E-state index contributed by atoms with van der Waals surface area (Å²) in [7, 11) is 0. The highest BCUT2D eigenvalue weighted by atomic mass is 35.5. The number of nitrogens with zero attached hydrogens (tertiary/aromatic N) is 3. The molecular formula is C17H18ClN5O2. The Bertz CT molecular complexity index is 880. The van der Waals surface area contributed by atoms with Gasteiger partial charge in [0, 0.05) is 29.5 Å². The highest BCUT2D eigenvalue weighted by Crippen LogP contribution is 2.24. The van der Waals surface area contributed by atoms with Crippen molar-refractivity contribution < 1.29 is 9.53 Å². The minimum Gasteiger partial charge on any atom is -0.493 e. The summed E-state index contributed by atoms with van der Waals surface area (Å²) < 4.78 is 7.29. The number of hydrogen-bond donors (Lipinski definition) is 2. The number of hydrogen-bond acceptors (Lipinski definition) is 5. The highest BCUT2D eigenvalue weighted by molar-refractivity contribution is 6.30. The van der Waals surface area contributed by atoms with Crippen LogP contribution in [-0.2, 0) is 6.54 Å². The second kappa shape index (κ2) is 7.96. The lowest BCUT2D eigenvalue weighted by Crippen LogP contribution is -2.23. The zero-order chi connectivity index (χ0) is 17.6. The van der Waals surface area contributed by atoms with E-state index in [9.17, 15) is 4.79 Å². The van der Waals surface area contributed by atoms with Crippen LogP contribution in [-0.4, -0.2) is 33.7 Å². The maximum atomic E-state index is 12.5. The number of benzene rings is 1. The average molecular weight is 360 g/mol. The van der Waals surface area contributed by atoms with Crippen molar-refractivity contribution in [1.82, 2.24) is 19.9 Å². The van der Waals surface area contributed by atoms with Crippen LogP contribution in [0.3, 0.4) is 0 Å². The minimum absolute atomic E-state index is 0.255. The van der Waals surface area contributed by atoms with Crippen molar-refractivity contribution >= 4 is 23.2 Å². The van der Waals surface area contributed by atoms with Crippen LogP contribution in [0.5, 0.6) is 5.75 Å². The van der Waals surface area contributed by atoms with E-state index in [1.54, 1.807) is 47.4 Å². The SMILES string of the molecule is NCCCOc1cc(Cl)ccc1C(=O)NCc1cnn2cccnc12. The lowest BCUT2D eigenvalue weighted by Gasteiger charge is -2.12. The van der Waals surface area contributed by atoms with E-state index < -0.39 is 0 Å². The molecule has 3 aromatic rings. The van der Waals surface area contributed by atoms with Crippen LogP contribution in [0.1, 0.15) is 22.3 Å². The van der Waals surface area contributed by atoms with Crippen molar-refractivity contribution in [3.63, 3.8) is 0 Å². The van der Waals surface area contributed by atoms with Gasteiger partial charge in [-0.05, 0) is 37.2 Å². The molecule has 0 bridgehead atoms. The van der Waals surface area contributed by atoms with Crippen LogP contribution in [0.25, 0.3) is 5.65 Å². The number of amides is 1. The molecular weight excluding hydrogens is 342 g/mol. The predicted molar refractivity (Wildman–Crippen MR) is 94.8 cm³/mol. The number of nitrogens with two attached hydrogens (primary N) is 1. The van der Waals surface area contributed by atoms with E-state index in [1.165, 1.54) is 0 Å². The van der Waals surface area contributed by atoms with Crippen molar-refractivity contribution in [2.24, 2.45) is 5.73 Å². The first-order valence-corrected chi connectivity index (χ1v) is 8.24. The first-order chi connectivity index (χ1) is 12.2. The van der Waals surface area contributed by atoms with E-state index in [2.05, 4.69) is 15.4 Å². The van der Waals surface area contributed by atoms with E-state index in [4.69, 9.17) is 22.1 Å². The normalized spacial score (nSPS) is 10.8. The van der Waals surface area contributed by atoms with Gasteiger partial charge in [0.05, 0.1) is 18.4 Å². The third-order valence-corrected chi connectivity index (χ3v) is 3.82. The lowest BCUT2D eigenvalue weighted by atomic mass is 10.2. The van der Waals surface area contributed by atoms with Crippen molar-refractivity contribution in [2.75, 3.05) is 13.2 Å². The zero-order valence-electron chi connectivity index (χ0n) is 13.5. The summed E-state index contributed by atoms with van der Waals surface area (Å²) in [6.07, 6.45) is 5.87. The second-order valence-corrected chi connectivity index (χ2v) is 5.81. The van der Waals surface area contributed by atoms with Crippen molar-refractivity contribution in [1.29, 1.82) is 0 Å². The topological polar surface area (TPSA) is 94.5 Å². The fraction of sp³-hybridized carbons (Fsp3) is 0.235. The number of halogens is 1. The molecule has 0 fully saturated rings. The van der Waals surface area contributed by atoms with Crippen LogP contribution >= 0.6 is 11.6 Å². The fourth-order valence-corrected chi connectivity index (χ4v) is 2.50. The Morgan fingerprint density at radius 1 is 1.40 bits per heavy atom. The molecule has 130 valence electrons. The molecule has 0 aliphatic carbocycles. The summed E-state index contributed by atoms with van der Waals surface area (Å²) in [5.41, 5.74) is 7.42. The van der Waals surface area contributed by atoms with Gasteiger partial charge < -0.3 is 15.8 Å². The molecule has 2 aromatic heterocycles. The Kier molecular flexibility index (Phi) is 5.47. The number of rotatable bonds is 7. The summed E-state index contributed by atoms with van der Waals surface area (Å²) in [6.45, 7) is 1.25. The van der Waals surface area contributed by atoms with E-state index in [1.807, 2.05) is 0 Å². The lowest BCUT2D eigenvalue weighted by molar-refractivity contribution is 0.0947. The van der Waals surface area contributed by atoms with Gasteiger partial charge in [-0.2, -0.15) is 5.10 Å². The molecule has 0 spiro atoms. The molecule has 7 nitrogen and oxygen atoms in total. The molecule has 25 heavy (non-hydrogen) atoms. The van der Waals surface area contributed by atoms with Gasteiger partial charge >= 0.3 is 0 Å². The number of fused-ring (bicyclic) bond motifs is 1. The van der Waals surface area contributed by atoms with Gasteiger partial charge in [0.15, 0.2) is 5.65 Å². The van der Waals surface area contributed by atoms with Crippen LogP contribution in [0, 0.1) is 0 Å². The molecule has 0 radical (unpaired) electrons. The molecule has 0 saturated heterocycles. The second-order valence-electron chi connectivity index (χ2n) is 5.37. The van der Waals surface area contributed by atoms with Gasteiger partial charge in [0.1, 0.15) is 5.75 Å². The number of nitrogens with one attached hydrogen (secondary N) is 1. The molecule has 8 heteroatoms. The van der Waals surface area contributed by atoms with E-state index in [0.717, 1.165) is 5.56 Å². The molecule has 0 atom stereocenters. The van der Waals surface area contributed by atoms with Crippen LogP contribution in [0.2, 0.25) is 5.02 Å². The molecule has 2 heterocycles. The van der Waals surface area contributed by atoms with Crippen LogP contribution in [0.4, 0.5) is 0 Å². The standard InChI is InChI=1S/C17H18ClN5O2/c18-13-3-4-14(15(9-13)25-8-1-5-19)17(24)21-10-12-11-22-23-7-2-6-20-16(12)23/h2-4,6-7,9,11H,1,5,8,10,19H2,(H,21,24). The zero-order valence-corrected chi connectivity index (χ0v) is 14.2. The summed E-state index contributed by atoms with van der Waals surface area (Å²) in [5, 5.41) is 7.57. The first-order valence-electron chi connectivity index (χ1n) is 7.87. The van der Waals surface area contributed by atoms with E-state index in [0.29, 0.717) is 48.1 Å². The molecule has 3 N–H and O–H groups in total. The molecule has 1 aromatic carbocycles. The van der Waals surface area contributed by atoms with Gasteiger partial charge in [-0.25, -0.2) is 9.50 Å². The van der Waals surface area contributed by atoms with Gasteiger partial charge in [-0.3, -0.25) is 4.79 Å². The smallest absolute Gasteiger partial charge is 0.255 e. The molecule has 0 saturated carbocycles. The Balaban J connectivity index is 1.72. The van der Waals surface area contributed by atoms with Crippen molar-refractivity contribution in [3.8, 4) is 5.75 Å². The average Bonchev–Trinajstić information content (AvgIpc) is 3.03. The Hall–Kier alpha value is -2.64. The Labute approximate surface area is 149 Å². The fourth-order valence-electron chi connectivity index (χ4n) is 2.34. The van der Waals surface area contributed by atoms with Gasteiger partial charge in [-0.15, -0.1) is 0 Å². The third-order valence-electron chi connectivity index (χ3n) is 3.59. The largest absolute Gasteiger partial charge is 0.493 e. The monoisotopic (exact) mass is 359 g/mol. The van der Waals surface area contributed by atoms with Gasteiger partial charge in [0.25, 0.3) is 5.91 Å². The van der Waals surface area contributed by atoms with Crippen molar-refractivity contribution in [2.45, 2.75) is 13.0 Å². The third kappa shape index (κ3) is 4.07. The van der Waals surface area contributed by atoms with Crippen molar-refractivity contribution in [3.05, 3.63) is 59.0 Å². The van der Waals surface area contributed by atoms with Crippen LogP contribution < -0.4 is 15.8 Å². The van der Waals surface area contributed by atoms with E-state index >= 15 is 0 Å². The summed E-state index contributed by atoms with van der Waals surface area (Å²) in [4.78, 5) is 16.8.